The van der Waals surface area contributed by atoms with Gasteiger partial charge in [-0.25, -0.2) is 13.1 Å². The van der Waals surface area contributed by atoms with Crippen LogP contribution in [0.4, 0.5) is 0 Å². The Balaban J connectivity index is 1.62. The fourth-order valence-corrected chi connectivity index (χ4v) is 3.13. The molecule has 3 rings (SSSR count). The fourth-order valence-electron chi connectivity index (χ4n) is 2.35. The monoisotopic (exact) mass is 317 g/mol. The molecular weight excluding hydrogens is 298 g/mol. The maximum atomic E-state index is 12.0. The maximum Gasteiger partial charge on any atom is 0.234 e. The molecule has 0 bridgehead atoms. The molecule has 0 radical (unpaired) electrons. The predicted molar refractivity (Wildman–Crippen MR) is 86.4 cm³/mol. The Kier molecular flexibility index (Phi) is 4.13. The van der Waals surface area contributed by atoms with Crippen molar-refractivity contribution in [2.75, 3.05) is 0 Å². The zero-order valence-electron chi connectivity index (χ0n) is 12.4. The summed E-state index contributed by atoms with van der Waals surface area (Å²) < 4.78 is 28.4. The number of aryl methyl sites for hydroxylation is 1. The third kappa shape index (κ3) is 3.84. The zero-order chi connectivity index (χ0) is 15.6. The van der Waals surface area contributed by atoms with E-state index in [2.05, 4.69) is 9.82 Å². The molecule has 0 atom stereocenters. The number of hydrogen-bond acceptors (Lipinski definition) is 3. The highest BCUT2D eigenvalue weighted by molar-refractivity contribution is 7.92. The molecule has 1 aliphatic rings. The highest BCUT2D eigenvalue weighted by atomic mass is 32.2. The predicted octanol–water partition coefficient (Wildman–Crippen LogP) is 2.39. The lowest BCUT2D eigenvalue weighted by molar-refractivity contribution is 0.588. The molecule has 0 aliphatic heterocycles. The first kappa shape index (κ1) is 15.0. The second kappa shape index (κ2) is 6.06. The van der Waals surface area contributed by atoms with Gasteiger partial charge in [-0.1, -0.05) is 30.3 Å². The van der Waals surface area contributed by atoms with E-state index < -0.39 is 10.0 Å². The Morgan fingerprint density at radius 1 is 1.32 bits per heavy atom. The van der Waals surface area contributed by atoms with Crippen LogP contribution in [0.1, 0.15) is 35.7 Å². The molecule has 1 aliphatic carbocycles. The van der Waals surface area contributed by atoms with Gasteiger partial charge in [-0.3, -0.25) is 4.68 Å². The third-order valence-corrected chi connectivity index (χ3v) is 4.70. The fraction of sp³-hybridized carbons (Fsp3) is 0.312. The van der Waals surface area contributed by atoms with Gasteiger partial charge >= 0.3 is 0 Å². The summed E-state index contributed by atoms with van der Waals surface area (Å²) in [7, 11) is -1.56. The summed E-state index contributed by atoms with van der Waals surface area (Å²) in [5, 5.41) is 5.55. The molecular formula is C16H19N3O2S. The van der Waals surface area contributed by atoms with Crippen LogP contribution >= 0.6 is 0 Å². The lowest BCUT2D eigenvalue weighted by Crippen LogP contribution is -2.20. The first-order chi connectivity index (χ1) is 10.5. The van der Waals surface area contributed by atoms with Crippen LogP contribution in [0, 0.1) is 0 Å². The van der Waals surface area contributed by atoms with Gasteiger partial charge in [-0.05, 0) is 30.5 Å². The van der Waals surface area contributed by atoms with E-state index in [1.54, 1.807) is 6.08 Å². The van der Waals surface area contributed by atoms with Crippen LogP contribution in [0.25, 0.3) is 6.08 Å². The minimum atomic E-state index is -3.47. The number of hydrogen-bond donors (Lipinski definition) is 1. The van der Waals surface area contributed by atoms with E-state index in [-0.39, 0.29) is 6.54 Å². The number of aromatic nitrogens is 2. The summed E-state index contributed by atoms with van der Waals surface area (Å²) in [6, 6.07) is 11.3. The largest absolute Gasteiger partial charge is 0.272 e. The Morgan fingerprint density at radius 3 is 2.73 bits per heavy atom. The number of benzene rings is 1. The van der Waals surface area contributed by atoms with Gasteiger partial charge in [0.15, 0.2) is 0 Å². The molecule has 1 aromatic heterocycles. The Labute approximate surface area is 130 Å². The minimum absolute atomic E-state index is 0.210. The van der Waals surface area contributed by atoms with Gasteiger partial charge in [0.1, 0.15) is 0 Å². The summed E-state index contributed by atoms with van der Waals surface area (Å²) in [5.41, 5.74) is 2.79. The second-order valence-corrected chi connectivity index (χ2v) is 7.19. The molecule has 0 unspecified atom stereocenters. The van der Waals surface area contributed by atoms with Crippen molar-refractivity contribution >= 4 is 16.1 Å². The van der Waals surface area contributed by atoms with Gasteiger partial charge in [0.25, 0.3) is 0 Å². The molecule has 1 fully saturated rings. The van der Waals surface area contributed by atoms with Crippen molar-refractivity contribution in [1.29, 1.82) is 0 Å². The van der Waals surface area contributed by atoms with Crippen LogP contribution in [-0.2, 0) is 23.6 Å². The van der Waals surface area contributed by atoms with E-state index in [0.717, 1.165) is 11.3 Å². The van der Waals surface area contributed by atoms with Gasteiger partial charge in [0.2, 0.25) is 10.0 Å². The summed E-state index contributed by atoms with van der Waals surface area (Å²) >= 11 is 0. The minimum Gasteiger partial charge on any atom is -0.272 e. The van der Waals surface area contributed by atoms with E-state index in [1.165, 1.54) is 23.9 Å². The van der Waals surface area contributed by atoms with Crippen molar-refractivity contribution in [1.82, 2.24) is 14.5 Å². The SMILES string of the molecule is Cn1nc(CNS(=O)(=O)/C=C/c2ccccc2)cc1C1CC1. The lowest BCUT2D eigenvalue weighted by Gasteiger charge is -2.00. The summed E-state index contributed by atoms with van der Waals surface area (Å²) in [5.74, 6) is 0.598. The van der Waals surface area contributed by atoms with E-state index in [0.29, 0.717) is 5.92 Å². The van der Waals surface area contributed by atoms with Crippen molar-refractivity contribution in [3.05, 3.63) is 58.8 Å². The molecule has 22 heavy (non-hydrogen) atoms. The molecule has 6 heteroatoms. The molecule has 1 saturated carbocycles. The lowest BCUT2D eigenvalue weighted by atomic mass is 10.2. The van der Waals surface area contributed by atoms with Crippen molar-refractivity contribution in [3.8, 4) is 0 Å². The first-order valence-electron chi connectivity index (χ1n) is 7.29. The summed E-state index contributed by atoms with van der Waals surface area (Å²) in [6.07, 6.45) is 3.98. The number of nitrogens with one attached hydrogen (secondary N) is 1. The van der Waals surface area contributed by atoms with Gasteiger partial charge in [0.05, 0.1) is 12.2 Å². The summed E-state index contributed by atoms with van der Waals surface area (Å²) in [4.78, 5) is 0. The average molecular weight is 317 g/mol. The van der Waals surface area contributed by atoms with Crippen molar-refractivity contribution in [3.63, 3.8) is 0 Å². The Hall–Kier alpha value is -1.92. The molecule has 5 nitrogen and oxygen atoms in total. The van der Waals surface area contributed by atoms with Crippen LogP contribution in [-0.4, -0.2) is 18.2 Å². The number of rotatable bonds is 6. The van der Waals surface area contributed by atoms with Gasteiger partial charge in [-0.15, -0.1) is 0 Å². The van der Waals surface area contributed by atoms with Crippen LogP contribution in [0.5, 0.6) is 0 Å². The molecule has 0 amide bonds. The van der Waals surface area contributed by atoms with Gasteiger partial charge < -0.3 is 0 Å². The molecule has 116 valence electrons. The van der Waals surface area contributed by atoms with Gasteiger partial charge in [0, 0.05) is 24.1 Å². The molecule has 0 saturated heterocycles. The van der Waals surface area contributed by atoms with Gasteiger partial charge in [-0.2, -0.15) is 5.10 Å². The highest BCUT2D eigenvalue weighted by Gasteiger charge is 2.27. The molecule has 1 aromatic carbocycles. The van der Waals surface area contributed by atoms with Crippen molar-refractivity contribution < 1.29 is 8.42 Å². The molecule has 1 N–H and O–H groups in total. The van der Waals surface area contributed by atoms with Crippen LogP contribution in [0.3, 0.4) is 0 Å². The molecule has 1 heterocycles. The van der Waals surface area contributed by atoms with Crippen molar-refractivity contribution in [2.24, 2.45) is 7.05 Å². The third-order valence-electron chi connectivity index (χ3n) is 3.66. The standard InChI is InChI=1S/C16H19N3O2S/c1-19-16(14-7-8-14)11-15(18-19)12-17-22(20,21)10-9-13-5-3-2-4-6-13/h2-6,9-11,14,17H,7-8,12H2,1H3/b10-9+. The topological polar surface area (TPSA) is 64.0 Å². The van der Waals surface area contributed by atoms with Crippen LogP contribution in [0.2, 0.25) is 0 Å². The Bertz CT molecular complexity index is 775. The normalized spacial score (nSPS) is 15.5. The smallest absolute Gasteiger partial charge is 0.234 e. The number of nitrogens with zero attached hydrogens (tertiary/aromatic N) is 2. The molecule has 0 spiro atoms. The first-order valence-corrected chi connectivity index (χ1v) is 8.84. The van der Waals surface area contributed by atoms with Crippen molar-refractivity contribution in [2.45, 2.75) is 25.3 Å². The van der Waals surface area contributed by atoms with E-state index in [4.69, 9.17) is 0 Å². The quantitative estimate of drug-likeness (QED) is 0.890. The zero-order valence-corrected chi connectivity index (χ0v) is 13.3. The van der Waals surface area contributed by atoms with Crippen LogP contribution in [0.15, 0.2) is 41.8 Å². The highest BCUT2D eigenvalue weighted by Crippen LogP contribution is 2.39. The number of sulfonamides is 1. The molecule has 2 aromatic rings. The summed E-state index contributed by atoms with van der Waals surface area (Å²) in [6.45, 7) is 0.210. The Morgan fingerprint density at radius 2 is 2.05 bits per heavy atom. The average Bonchev–Trinajstić information content (AvgIpc) is 3.28. The van der Waals surface area contributed by atoms with E-state index in [1.807, 2.05) is 48.1 Å². The second-order valence-electron chi connectivity index (χ2n) is 5.54. The van der Waals surface area contributed by atoms with Crippen LogP contribution < -0.4 is 4.72 Å². The maximum absolute atomic E-state index is 12.0. The van der Waals surface area contributed by atoms with E-state index in [9.17, 15) is 8.42 Å². The van der Waals surface area contributed by atoms with E-state index >= 15 is 0 Å².